The predicted octanol–water partition coefficient (Wildman–Crippen LogP) is 3.81. The Labute approximate surface area is 128 Å². The molecule has 2 rings (SSSR count). The number of hydrogen-bond donors (Lipinski definition) is 0. The van der Waals surface area contributed by atoms with Gasteiger partial charge in [-0.15, -0.1) is 0 Å². The second-order valence-corrected chi connectivity index (χ2v) is 4.61. The largest absolute Gasteiger partial charge is 0.493 e. The van der Waals surface area contributed by atoms with Crippen LogP contribution in [0.4, 0.5) is 0 Å². The second kappa shape index (κ2) is 6.87. The standard InChI is InChI=1S/C16H14ClNO3/c1-19-14-4-3-5-15(20-2)16(14)21-10-12-7-6-11(9-18)8-13(12)17/h3-8H,10H2,1-2H3. The van der Waals surface area contributed by atoms with E-state index >= 15 is 0 Å². The molecule has 2 aromatic rings. The summed E-state index contributed by atoms with van der Waals surface area (Å²) in [6.45, 7) is 0.251. The lowest BCUT2D eigenvalue weighted by Gasteiger charge is -2.14. The fourth-order valence-corrected chi connectivity index (χ4v) is 2.08. The molecule has 0 spiro atoms. The summed E-state index contributed by atoms with van der Waals surface area (Å²) in [6, 6.07) is 12.5. The lowest BCUT2D eigenvalue weighted by Crippen LogP contribution is -2.00. The molecule has 5 heteroatoms. The fraction of sp³-hybridized carbons (Fsp3) is 0.188. The van der Waals surface area contributed by atoms with Gasteiger partial charge < -0.3 is 14.2 Å². The molecule has 0 bridgehead atoms. The Bertz CT molecular complexity index is 657. The molecule has 0 aliphatic carbocycles. The first kappa shape index (κ1) is 15.0. The maximum Gasteiger partial charge on any atom is 0.203 e. The van der Waals surface area contributed by atoms with Crippen LogP contribution in [-0.4, -0.2) is 14.2 Å². The average molecular weight is 304 g/mol. The van der Waals surface area contributed by atoms with Crippen molar-refractivity contribution in [2.75, 3.05) is 14.2 Å². The molecule has 0 N–H and O–H groups in total. The topological polar surface area (TPSA) is 51.5 Å². The summed E-state index contributed by atoms with van der Waals surface area (Å²) in [6.07, 6.45) is 0. The van der Waals surface area contributed by atoms with Crippen molar-refractivity contribution in [3.8, 4) is 23.3 Å². The van der Waals surface area contributed by atoms with Crippen LogP contribution in [0, 0.1) is 11.3 Å². The highest BCUT2D eigenvalue weighted by Gasteiger charge is 2.12. The monoisotopic (exact) mass is 303 g/mol. The Hall–Kier alpha value is -2.38. The van der Waals surface area contributed by atoms with Crippen molar-refractivity contribution in [3.05, 3.63) is 52.5 Å². The third-order valence-electron chi connectivity index (χ3n) is 2.94. The maximum atomic E-state index is 8.82. The van der Waals surface area contributed by atoms with Crippen LogP contribution < -0.4 is 14.2 Å². The summed E-state index contributed by atoms with van der Waals surface area (Å²) in [5, 5.41) is 9.31. The Morgan fingerprint density at radius 3 is 2.29 bits per heavy atom. The van der Waals surface area contributed by atoms with Crippen LogP contribution in [0.2, 0.25) is 5.02 Å². The van der Waals surface area contributed by atoms with Gasteiger partial charge in [0, 0.05) is 10.6 Å². The molecule has 0 unspecified atom stereocenters. The maximum absolute atomic E-state index is 8.82. The molecule has 0 radical (unpaired) electrons. The molecular weight excluding hydrogens is 290 g/mol. The minimum absolute atomic E-state index is 0.251. The average Bonchev–Trinajstić information content (AvgIpc) is 2.53. The highest BCUT2D eigenvalue weighted by molar-refractivity contribution is 6.31. The molecule has 0 saturated carbocycles. The number of nitrogens with zero attached hydrogens (tertiary/aromatic N) is 1. The zero-order valence-electron chi connectivity index (χ0n) is 11.7. The van der Waals surface area contributed by atoms with Crippen molar-refractivity contribution in [2.24, 2.45) is 0 Å². The quantitative estimate of drug-likeness (QED) is 0.843. The lowest BCUT2D eigenvalue weighted by atomic mass is 10.1. The van der Waals surface area contributed by atoms with E-state index in [0.29, 0.717) is 27.8 Å². The molecule has 2 aromatic carbocycles. The molecule has 21 heavy (non-hydrogen) atoms. The van der Waals surface area contributed by atoms with Gasteiger partial charge in [0.25, 0.3) is 0 Å². The zero-order chi connectivity index (χ0) is 15.2. The van der Waals surface area contributed by atoms with E-state index in [9.17, 15) is 0 Å². The summed E-state index contributed by atoms with van der Waals surface area (Å²) in [5.41, 5.74) is 1.29. The Balaban J connectivity index is 2.22. The van der Waals surface area contributed by atoms with Gasteiger partial charge in [-0.1, -0.05) is 23.7 Å². The highest BCUT2D eigenvalue weighted by Crippen LogP contribution is 2.37. The van der Waals surface area contributed by atoms with Crippen molar-refractivity contribution in [3.63, 3.8) is 0 Å². The molecule has 4 nitrogen and oxygen atoms in total. The van der Waals surface area contributed by atoms with Crippen LogP contribution in [-0.2, 0) is 6.61 Å². The Morgan fingerprint density at radius 2 is 1.76 bits per heavy atom. The third-order valence-corrected chi connectivity index (χ3v) is 3.29. The molecule has 0 aromatic heterocycles. The van der Waals surface area contributed by atoms with Crippen LogP contribution >= 0.6 is 11.6 Å². The Morgan fingerprint density at radius 1 is 1.10 bits per heavy atom. The number of hydrogen-bond acceptors (Lipinski definition) is 4. The van der Waals surface area contributed by atoms with Gasteiger partial charge in [-0.3, -0.25) is 0 Å². The third kappa shape index (κ3) is 3.39. The number of rotatable bonds is 5. The molecular formula is C16H14ClNO3. The molecule has 0 heterocycles. The van der Waals surface area contributed by atoms with E-state index in [-0.39, 0.29) is 6.61 Å². The first-order valence-electron chi connectivity index (χ1n) is 6.22. The SMILES string of the molecule is COc1cccc(OC)c1OCc1ccc(C#N)cc1Cl. The molecule has 0 saturated heterocycles. The molecule has 0 fully saturated rings. The van der Waals surface area contributed by atoms with E-state index in [1.165, 1.54) is 0 Å². The van der Waals surface area contributed by atoms with E-state index in [0.717, 1.165) is 5.56 Å². The van der Waals surface area contributed by atoms with Crippen LogP contribution in [0.15, 0.2) is 36.4 Å². The molecule has 108 valence electrons. The van der Waals surface area contributed by atoms with Gasteiger partial charge in [0.05, 0.1) is 25.9 Å². The van der Waals surface area contributed by atoms with Gasteiger partial charge in [-0.2, -0.15) is 5.26 Å². The normalized spacial score (nSPS) is 9.81. The fourth-order valence-electron chi connectivity index (χ4n) is 1.84. The zero-order valence-corrected chi connectivity index (χ0v) is 12.5. The van der Waals surface area contributed by atoms with Gasteiger partial charge in [0.1, 0.15) is 6.61 Å². The number of halogens is 1. The van der Waals surface area contributed by atoms with Gasteiger partial charge in [-0.25, -0.2) is 0 Å². The molecule has 0 amide bonds. The van der Waals surface area contributed by atoms with E-state index in [4.69, 9.17) is 31.1 Å². The summed E-state index contributed by atoms with van der Waals surface area (Å²) in [5.74, 6) is 1.68. The minimum Gasteiger partial charge on any atom is -0.493 e. The smallest absolute Gasteiger partial charge is 0.203 e. The highest BCUT2D eigenvalue weighted by atomic mass is 35.5. The van der Waals surface area contributed by atoms with Crippen molar-refractivity contribution >= 4 is 11.6 Å². The van der Waals surface area contributed by atoms with Gasteiger partial charge in [-0.05, 0) is 24.3 Å². The number of nitriles is 1. The van der Waals surface area contributed by atoms with Crippen LogP contribution in [0.3, 0.4) is 0 Å². The lowest BCUT2D eigenvalue weighted by molar-refractivity contribution is 0.266. The summed E-state index contributed by atoms with van der Waals surface area (Å²) >= 11 is 6.13. The first-order valence-corrected chi connectivity index (χ1v) is 6.59. The predicted molar refractivity (Wildman–Crippen MR) is 80.0 cm³/mol. The van der Waals surface area contributed by atoms with Crippen LogP contribution in [0.1, 0.15) is 11.1 Å². The molecule has 0 aliphatic rings. The van der Waals surface area contributed by atoms with Gasteiger partial charge in [0.2, 0.25) is 5.75 Å². The van der Waals surface area contributed by atoms with Crippen molar-refractivity contribution in [2.45, 2.75) is 6.61 Å². The first-order chi connectivity index (χ1) is 10.2. The van der Waals surface area contributed by atoms with Gasteiger partial charge >= 0.3 is 0 Å². The number of methoxy groups -OCH3 is 2. The summed E-state index contributed by atoms with van der Waals surface area (Å²) in [4.78, 5) is 0. The van der Waals surface area contributed by atoms with E-state index in [2.05, 4.69) is 0 Å². The van der Waals surface area contributed by atoms with Crippen molar-refractivity contribution < 1.29 is 14.2 Å². The van der Waals surface area contributed by atoms with E-state index in [1.807, 2.05) is 12.1 Å². The van der Waals surface area contributed by atoms with E-state index in [1.54, 1.807) is 44.6 Å². The molecule has 0 aliphatic heterocycles. The van der Waals surface area contributed by atoms with Crippen LogP contribution in [0.5, 0.6) is 17.2 Å². The van der Waals surface area contributed by atoms with Crippen LogP contribution in [0.25, 0.3) is 0 Å². The summed E-state index contributed by atoms with van der Waals surface area (Å²) < 4.78 is 16.3. The minimum atomic E-state index is 0.251. The van der Waals surface area contributed by atoms with Gasteiger partial charge in [0.15, 0.2) is 11.5 Å². The number of ether oxygens (including phenoxy) is 3. The van der Waals surface area contributed by atoms with Crippen molar-refractivity contribution in [1.29, 1.82) is 5.26 Å². The number of benzene rings is 2. The van der Waals surface area contributed by atoms with E-state index < -0.39 is 0 Å². The molecule has 0 atom stereocenters. The number of para-hydroxylation sites is 1. The Kier molecular flexibility index (Phi) is 4.91. The van der Waals surface area contributed by atoms with Crippen molar-refractivity contribution in [1.82, 2.24) is 0 Å². The second-order valence-electron chi connectivity index (χ2n) is 4.20. The summed E-state index contributed by atoms with van der Waals surface area (Å²) in [7, 11) is 3.13.